The van der Waals surface area contributed by atoms with E-state index in [2.05, 4.69) is 21.2 Å². The average molecular weight is 342 g/mol. The van der Waals surface area contributed by atoms with Crippen LogP contribution in [0.4, 0.5) is 4.79 Å². The largest absolute Gasteiger partial charge is 0.465 e. The van der Waals surface area contributed by atoms with Gasteiger partial charge < -0.3 is 10.4 Å². The molecule has 23 heavy (non-hydrogen) atoms. The Kier molecular flexibility index (Phi) is 4.23. The van der Waals surface area contributed by atoms with Gasteiger partial charge in [-0.3, -0.25) is 20.4 Å². The van der Waals surface area contributed by atoms with Crippen molar-refractivity contribution in [3.63, 3.8) is 0 Å². The fourth-order valence-electron chi connectivity index (χ4n) is 3.40. The van der Waals surface area contributed by atoms with Gasteiger partial charge in [0.15, 0.2) is 0 Å². The first-order valence-electron chi connectivity index (χ1n) is 7.22. The number of fused-ring (bicyclic) bond motifs is 3. The molecular formula is C13H18N4O5S. The predicted molar refractivity (Wildman–Crippen MR) is 82.5 cm³/mol. The molecule has 3 rings (SSSR count). The Balaban J connectivity index is 2.00. The minimum Gasteiger partial charge on any atom is -0.465 e. The number of nitrogens with one attached hydrogen (secondary N) is 3. The highest BCUT2D eigenvalue weighted by Gasteiger charge is 2.39. The molecule has 4 atom stereocenters. The maximum atomic E-state index is 11.3. The van der Waals surface area contributed by atoms with E-state index in [0.717, 1.165) is 5.57 Å². The standard InChI is InChI=1S/C13H18N4O5S/c18-13(19)16-8-3-7-1-2-10-9(5-15-17-10)12(7)11(14-4-8)6-23(20,21)22/h1-2,4,7-10,15-17H,3,5-6H2,(H,18,19)(H,20,21,22). The summed E-state index contributed by atoms with van der Waals surface area (Å²) < 4.78 is 31.9. The van der Waals surface area contributed by atoms with E-state index in [-0.39, 0.29) is 23.6 Å². The maximum absolute atomic E-state index is 11.3. The fourth-order valence-corrected chi connectivity index (χ4v) is 3.99. The molecule has 5 N–H and O–H groups in total. The molecule has 0 spiro atoms. The monoisotopic (exact) mass is 342 g/mol. The molecule has 1 saturated heterocycles. The quantitative estimate of drug-likeness (QED) is 0.344. The number of nitrogens with zero attached hydrogens (tertiary/aromatic N) is 1. The van der Waals surface area contributed by atoms with Crippen LogP contribution in [0.2, 0.25) is 0 Å². The van der Waals surface area contributed by atoms with Gasteiger partial charge in [-0.25, -0.2) is 4.79 Å². The Morgan fingerprint density at radius 2 is 2.22 bits per heavy atom. The first-order chi connectivity index (χ1) is 10.8. The number of hydrazine groups is 1. The molecule has 1 amide bonds. The van der Waals surface area contributed by atoms with Crippen molar-refractivity contribution >= 4 is 22.4 Å². The Labute approximate surface area is 133 Å². The van der Waals surface area contributed by atoms with E-state index in [4.69, 9.17) is 5.11 Å². The van der Waals surface area contributed by atoms with Crippen molar-refractivity contribution in [3.8, 4) is 0 Å². The summed E-state index contributed by atoms with van der Waals surface area (Å²) in [6, 6.07) is -0.494. The molecule has 2 heterocycles. The third-order valence-corrected chi connectivity index (χ3v) is 4.89. The molecule has 9 nitrogen and oxygen atoms in total. The van der Waals surface area contributed by atoms with Crippen LogP contribution in [-0.2, 0) is 10.1 Å². The second kappa shape index (κ2) is 6.04. The van der Waals surface area contributed by atoms with Crippen LogP contribution in [0.3, 0.4) is 0 Å². The van der Waals surface area contributed by atoms with Gasteiger partial charge in [-0.05, 0) is 12.0 Å². The summed E-state index contributed by atoms with van der Waals surface area (Å²) in [4.78, 5) is 15.1. The van der Waals surface area contributed by atoms with Crippen molar-refractivity contribution in [1.82, 2.24) is 16.2 Å². The molecule has 2 aliphatic heterocycles. The molecule has 3 aliphatic rings. The molecule has 126 valence electrons. The van der Waals surface area contributed by atoms with Crippen LogP contribution in [0.1, 0.15) is 6.42 Å². The lowest BCUT2D eigenvalue weighted by Gasteiger charge is -2.30. The van der Waals surface area contributed by atoms with Crippen LogP contribution in [-0.4, -0.2) is 54.8 Å². The molecule has 4 unspecified atom stereocenters. The number of carbonyl (C=O) groups is 1. The SMILES string of the molecule is O=C(O)NC1C=NC(CS(=O)(=O)O)=C2C(C=CC3NNCC23)C1. The van der Waals surface area contributed by atoms with Crippen LogP contribution in [0.15, 0.2) is 28.4 Å². The number of amides is 1. The van der Waals surface area contributed by atoms with Gasteiger partial charge >= 0.3 is 6.09 Å². The second-order valence-corrected chi connectivity index (χ2v) is 7.30. The van der Waals surface area contributed by atoms with Crippen LogP contribution >= 0.6 is 0 Å². The van der Waals surface area contributed by atoms with Gasteiger partial charge in [-0.2, -0.15) is 8.42 Å². The molecule has 1 aliphatic carbocycles. The number of aliphatic imine (C=N–C) groups is 1. The van der Waals surface area contributed by atoms with Gasteiger partial charge in [0.2, 0.25) is 0 Å². The summed E-state index contributed by atoms with van der Waals surface area (Å²) in [5.74, 6) is -0.692. The lowest BCUT2D eigenvalue weighted by atomic mass is 9.76. The summed E-state index contributed by atoms with van der Waals surface area (Å²) in [6.07, 6.45) is 4.63. The van der Waals surface area contributed by atoms with Crippen LogP contribution in [0.5, 0.6) is 0 Å². The molecule has 0 aromatic heterocycles. The topological polar surface area (TPSA) is 140 Å². The van der Waals surface area contributed by atoms with E-state index < -0.39 is 28.0 Å². The zero-order valence-corrected chi connectivity index (χ0v) is 13.0. The summed E-state index contributed by atoms with van der Waals surface area (Å²) in [6.45, 7) is 0.613. The van der Waals surface area contributed by atoms with Crippen LogP contribution in [0.25, 0.3) is 0 Å². The van der Waals surface area contributed by atoms with Crippen molar-refractivity contribution in [3.05, 3.63) is 23.4 Å². The Morgan fingerprint density at radius 3 is 2.91 bits per heavy atom. The summed E-state index contributed by atoms with van der Waals surface area (Å²) in [5.41, 5.74) is 7.25. The second-order valence-electron chi connectivity index (χ2n) is 5.85. The third kappa shape index (κ3) is 3.61. The molecule has 0 aromatic carbocycles. The van der Waals surface area contributed by atoms with E-state index in [0.29, 0.717) is 13.0 Å². The lowest BCUT2D eigenvalue weighted by molar-refractivity contribution is 0.192. The molecule has 0 aromatic rings. The first kappa shape index (κ1) is 16.1. The van der Waals surface area contributed by atoms with Gasteiger partial charge in [0.05, 0.1) is 11.7 Å². The third-order valence-electron chi connectivity index (χ3n) is 4.25. The number of hydrogen-bond donors (Lipinski definition) is 5. The maximum Gasteiger partial charge on any atom is 0.405 e. The van der Waals surface area contributed by atoms with E-state index in [1.54, 1.807) is 0 Å². The summed E-state index contributed by atoms with van der Waals surface area (Å²) in [5, 5.41) is 11.3. The molecule has 10 heteroatoms. The lowest BCUT2D eigenvalue weighted by Crippen LogP contribution is -2.38. The van der Waals surface area contributed by atoms with E-state index in [1.165, 1.54) is 6.21 Å². The Hall–Kier alpha value is -1.75. The number of rotatable bonds is 3. The number of allylic oxidation sites excluding steroid dienone is 1. The minimum atomic E-state index is -4.23. The fraction of sp³-hybridized carbons (Fsp3) is 0.538. The van der Waals surface area contributed by atoms with Crippen molar-refractivity contribution in [2.45, 2.75) is 18.5 Å². The number of carboxylic acid groups (broad SMARTS) is 1. The smallest absolute Gasteiger partial charge is 0.405 e. The molecule has 0 radical (unpaired) electrons. The van der Waals surface area contributed by atoms with Crippen molar-refractivity contribution in [2.24, 2.45) is 16.8 Å². The van der Waals surface area contributed by atoms with Gasteiger partial charge in [-0.1, -0.05) is 12.2 Å². The van der Waals surface area contributed by atoms with Gasteiger partial charge in [0.25, 0.3) is 10.1 Å². The van der Waals surface area contributed by atoms with Gasteiger partial charge in [0, 0.05) is 30.6 Å². The summed E-state index contributed by atoms with van der Waals surface area (Å²) >= 11 is 0. The first-order valence-corrected chi connectivity index (χ1v) is 8.83. The molecule has 1 fully saturated rings. The van der Waals surface area contributed by atoms with Crippen molar-refractivity contribution in [1.29, 1.82) is 0 Å². The number of hydrogen-bond acceptors (Lipinski definition) is 6. The normalized spacial score (nSPS) is 33.1. The predicted octanol–water partition coefficient (Wildman–Crippen LogP) is -0.482. The molecule has 0 saturated carbocycles. The average Bonchev–Trinajstić information content (AvgIpc) is 2.83. The Bertz CT molecular complexity index is 699. The van der Waals surface area contributed by atoms with Gasteiger partial charge in [-0.15, -0.1) is 0 Å². The highest BCUT2D eigenvalue weighted by molar-refractivity contribution is 7.86. The highest BCUT2D eigenvalue weighted by Crippen LogP contribution is 2.38. The minimum absolute atomic E-state index is 0.0162. The van der Waals surface area contributed by atoms with Crippen molar-refractivity contribution in [2.75, 3.05) is 12.3 Å². The zero-order valence-electron chi connectivity index (χ0n) is 12.1. The zero-order chi connectivity index (χ0) is 16.6. The van der Waals surface area contributed by atoms with E-state index >= 15 is 0 Å². The highest BCUT2D eigenvalue weighted by atomic mass is 32.2. The summed E-state index contributed by atoms with van der Waals surface area (Å²) in [7, 11) is -4.23. The Morgan fingerprint density at radius 1 is 1.43 bits per heavy atom. The van der Waals surface area contributed by atoms with Crippen LogP contribution < -0.4 is 16.2 Å². The van der Waals surface area contributed by atoms with Crippen LogP contribution in [0, 0.1) is 11.8 Å². The molecule has 0 bridgehead atoms. The molecular weight excluding hydrogens is 324 g/mol. The van der Waals surface area contributed by atoms with E-state index in [1.807, 2.05) is 12.2 Å². The van der Waals surface area contributed by atoms with E-state index in [9.17, 15) is 17.8 Å². The van der Waals surface area contributed by atoms with Gasteiger partial charge in [0.1, 0.15) is 5.75 Å². The van der Waals surface area contributed by atoms with Crippen molar-refractivity contribution < 1.29 is 22.9 Å².